The molecule has 1 unspecified atom stereocenters. The summed E-state index contributed by atoms with van der Waals surface area (Å²) in [7, 11) is 0. The van der Waals surface area contributed by atoms with Crippen LogP contribution in [0.3, 0.4) is 0 Å². The fraction of sp³-hybridized carbons (Fsp3) is 0.545. The Labute approximate surface area is 171 Å². The number of rotatable bonds is 7. The summed E-state index contributed by atoms with van der Waals surface area (Å²) >= 11 is 0. The van der Waals surface area contributed by atoms with Gasteiger partial charge in [-0.3, -0.25) is 14.7 Å². The third-order valence-electron chi connectivity index (χ3n) is 5.77. The van der Waals surface area contributed by atoms with Crippen molar-refractivity contribution < 1.29 is 9.32 Å². The Morgan fingerprint density at radius 2 is 2.14 bits per heavy atom. The Morgan fingerprint density at radius 1 is 1.24 bits per heavy atom. The highest BCUT2D eigenvalue weighted by molar-refractivity contribution is 5.78. The molecule has 0 aromatic carbocycles. The standard InChI is InChI=1S/C22H29N5O2/c28-22(24-13-8-17-5-2-1-3-6-17)19-7-4-14-27(15-19)16-20-25-21(26-29-20)18-9-11-23-12-10-18/h5,9-12,19H,1-4,6-8,13-16H2,(H,24,28). The highest BCUT2D eigenvalue weighted by Crippen LogP contribution is 2.21. The molecule has 4 rings (SSSR count). The summed E-state index contributed by atoms with van der Waals surface area (Å²) < 4.78 is 5.42. The van der Waals surface area contributed by atoms with Crippen LogP contribution in [0.4, 0.5) is 0 Å². The van der Waals surface area contributed by atoms with Crippen LogP contribution < -0.4 is 5.32 Å². The van der Waals surface area contributed by atoms with Crippen molar-refractivity contribution in [3.63, 3.8) is 0 Å². The minimum absolute atomic E-state index is 0.0340. The number of amides is 1. The molecule has 0 bridgehead atoms. The summed E-state index contributed by atoms with van der Waals surface area (Å²) in [5, 5.41) is 7.21. The van der Waals surface area contributed by atoms with Crippen molar-refractivity contribution in [1.29, 1.82) is 0 Å². The first-order valence-corrected chi connectivity index (χ1v) is 10.7. The molecule has 1 aliphatic carbocycles. The van der Waals surface area contributed by atoms with Crippen molar-refractivity contribution >= 4 is 5.91 Å². The lowest BCUT2D eigenvalue weighted by atomic mass is 9.96. The normalized spacial score (nSPS) is 20.3. The van der Waals surface area contributed by atoms with Gasteiger partial charge in [0.2, 0.25) is 17.6 Å². The van der Waals surface area contributed by atoms with Crippen molar-refractivity contribution in [2.75, 3.05) is 19.6 Å². The van der Waals surface area contributed by atoms with Crippen LogP contribution in [0.2, 0.25) is 0 Å². The monoisotopic (exact) mass is 395 g/mol. The molecule has 0 spiro atoms. The number of likely N-dealkylation sites (tertiary alicyclic amines) is 1. The lowest BCUT2D eigenvalue weighted by Gasteiger charge is -2.30. The molecule has 1 N–H and O–H groups in total. The molecule has 2 aromatic heterocycles. The second kappa shape index (κ2) is 9.78. The Bertz CT molecular complexity index is 833. The van der Waals surface area contributed by atoms with Crippen LogP contribution in [-0.2, 0) is 11.3 Å². The number of carbonyl (C=O) groups is 1. The van der Waals surface area contributed by atoms with Crippen LogP contribution in [-0.4, -0.2) is 45.6 Å². The summed E-state index contributed by atoms with van der Waals surface area (Å²) in [5.74, 6) is 1.37. The summed E-state index contributed by atoms with van der Waals surface area (Å²) in [6, 6.07) is 3.72. The number of nitrogens with zero attached hydrogens (tertiary/aromatic N) is 4. The van der Waals surface area contributed by atoms with E-state index in [0.29, 0.717) is 18.3 Å². The topological polar surface area (TPSA) is 84.2 Å². The Hall–Kier alpha value is -2.54. The van der Waals surface area contributed by atoms with E-state index in [4.69, 9.17) is 4.52 Å². The lowest BCUT2D eigenvalue weighted by Crippen LogP contribution is -2.43. The quantitative estimate of drug-likeness (QED) is 0.724. The molecule has 154 valence electrons. The number of hydrogen-bond acceptors (Lipinski definition) is 6. The van der Waals surface area contributed by atoms with Crippen LogP contribution in [0, 0.1) is 5.92 Å². The second-order valence-electron chi connectivity index (χ2n) is 7.97. The maximum atomic E-state index is 12.6. The number of hydrogen-bond donors (Lipinski definition) is 1. The van der Waals surface area contributed by atoms with Gasteiger partial charge >= 0.3 is 0 Å². The molecule has 1 amide bonds. The summed E-state index contributed by atoms with van der Waals surface area (Å²) in [6.07, 6.45) is 13.7. The molecule has 0 radical (unpaired) electrons. The molecule has 1 fully saturated rings. The van der Waals surface area contributed by atoms with Gasteiger partial charge in [-0.25, -0.2) is 0 Å². The number of nitrogens with one attached hydrogen (secondary N) is 1. The van der Waals surface area contributed by atoms with Crippen molar-refractivity contribution in [1.82, 2.24) is 25.3 Å². The molecule has 29 heavy (non-hydrogen) atoms. The molecule has 2 aliphatic rings. The molecule has 1 atom stereocenters. The maximum Gasteiger partial charge on any atom is 0.241 e. The number of carbonyl (C=O) groups excluding carboxylic acids is 1. The fourth-order valence-corrected chi connectivity index (χ4v) is 4.16. The summed E-state index contributed by atoms with van der Waals surface area (Å²) in [6.45, 7) is 3.01. The van der Waals surface area contributed by atoms with Gasteiger partial charge in [0, 0.05) is 31.0 Å². The van der Waals surface area contributed by atoms with E-state index in [2.05, 4.69) is 31.4 Å². The molecule has 0 saturated carbocycles. The second-order valence-corrected chi connectivity index (χ2v) is 7.97. The van der Waals surface area contributed by atoms with E-state index in [-0.39, 0.29) is 11.8 Å². The van der Waals surface area contributed by atoms with Crippen LogP contribution in [0.5, 0.6) is 0 Å². The minimum Gasteiger partial charge on any atom is -0.356 e. The van der Waals surface area contributed by atoms with Gasteiger partial charge in [-0.1, -0.05) is 16.8 Å². The number of allylic oxidation sites excluding steroid dienone is 1. The molecule has 1 saturated heterocycles. The fourth-order valence-electron chi connectivity index (χ4n) is 4.16. The van der Waals surface area contributed by atoms with Gasteiger partial charge in [0.15, 0.2) is 0 Å². The predicted octanol–water partition coefficient (Wildman–Crippen LogP) is 3.35. The summed E-state index contributed by atoms with van der Waals surface area (Å²) in [4.78, 5) is 23.3. The van der Waals surface area contributed by atoms with E-state index >= 15 is 0 Å². The van der Waals surface area contributed by atoms with Crippen LogP contribution in [0.25, 0.3) is 11.4 Å². The summed E-state index contributed by atoms with van der Waals surface area (Å²) in [5.41, 5.74) is 2.39. The third-order valence-corrected chi connectivity index (χ3v) is 5.77. The first kappa shape index (κ1) is 19.8. The van der Waals surface area contributed by atoms with Gasteiger partial charge in [-0.05, 0) is 63.6 Å². The first-order chi connectivity index (χ1) is 14.3. The van der Waals surface area contributed by atoms with Gasteiger partial charge in [0.1, 0.15) is 0 Å². The zero-order valence-corrected chi connectivity index (χ0v) is 16.8. The van der Waals surface area contributed by atoms with Gasteiger partial charge < -0.3 is 9.84 Å². The smallest absolute Gasteiger partial charge is 0.241 e. The molecular weight excluding hydrogens is 366 g/mol. The van der Waals surface area contributed by atoms with Gasteiger partial charge in [0.05, 0.1) is 12.5 Å². The van der Waals surface area contributed by atoms with Crippen LogP contribution >= 0.6 is 0 Å². The number of pyridine rings is 1. The zero-order valence-electron chi connectivity index (χ0n) is 16.8. The molecule has 7 heteroatoms. The molecule has 3 heterocycles. The van der Waals surface area contributed by atoms with Gasteiger partial charge in [0.25, 0.3) is 0 Å². The average molecular weight is 396 g/mol. The zero-order chi connectivity index (χ0) is 19.9. The maximum absolute atomic E-state index is 12.6. The van der Waals surface area contributed by atoms with Gasteiger partial charge in [-0.2, -0.15) is 4.98 Å². The molecule has 1 aliphatic heterocycles. The van der Waals surface area contributed by atoms with Crippen molar-refractivity contribution in [2.45, 2.75) is 51.5 Å². The van der Waals surface area contributed by atoms with E-state index in [9.17, 15) is 4.79 Å². The van der Waals surface area contributed by atoms with E-state index in [1.54, 1.807) is 12.4 Å². The first-order valence-electron chi connectivity index (χ1n) is 10.7. The Morgan fingerprint density at radius 3 is 2.97 bits per heavy atom. The molecule has 2 aromatic rings. The predicted molar refractivity (Wildman–Crippen MR) is 110 cm³/mol. The van der Waals surface area contributed by atoms with Crippen LogP contribution in [0.1, 0.15) is 50.8 Å². The largest absolute Gasteiger partial charge is 0.356 e. The SMILES string of the molecule is O=C(NCCC1=CCCCC1)C1CCCN(Cc2nc(-c3ccncc3)no2)C1. The van der Waals surface area contributed by atoms with E-state index < -0.39 is 0 Å². The Kier molecular flexibility index (Phi) is 6.67. The van der Waals surface area contributed by atoms with E-state index in [0.717, 1.165) is 44.5 Å². The average Bonchev–Trinajstić information content (AvgIpc) is 3.24. The minimum atomic E-state index is 0.0340. The van der Waals surface area contributed by atoms with Crippen molar-refractivity contribution in [2.24, 2.45) is 5.92 Å². The van der Waals surface area contributed by atoms with Crippen molar-refractivity contribution in [3.05, 3.63) is 42.1 Å². The molecular formula is C22H29N5O2. The number of piperidine rings is 1. The number of aromatic nitrogens is 3. The van der Waals surface area contributed by atoms with E-state index in [1.807, 2.05) is 12.1 Å². The van der Waals surface area contributed by atoms with Crippen molar-refractivity contribution in [3.8, 4) is 11.4 Å². The highest BCUT2D eigenvalue weighted by Gasteiger charge is 2.26. The van der Waals surface area contributed by atoms with Crippen LogP contribution in [0.15, 0.2) is 40.7 Å². The van der Waals surface area contributed by atoms with E-state index in [1.165, 1.54) is 31.3 Å². The van der Waals surface area contributed by atoms with Gasteiger partial charge in [-0.15, -0.1) is 0 Å². The highest BCUT2D eigenvalue weighted by atomic mass is 16.5. The molecule has 7 nitrogen and oxygen atoms in total. The lowest BCUT2D eigenvalue weighted by molar-refractivity contribution is -0.126. The third kappa shape index (κ3) is 5.50. The Balaban J connectivity index is 1.25.